The van der Waals surface area contributed by atoms with Crippen molar-refractivity contribution in [1.82, 2.24) is 15.1 Å². The van der Waals surface area contributed by atoms with Crippen LogP contribution in [-0.4, -0.2) is 80.0 Å². The molecule has 0 saturated carbocycles. The van der Waals surface area contributed by atoms with Crippen molar-refractivity contribution in [3.63, 3.8) is 0 Å². The summed E-state index contributed by atoms with van der Waals surface area (Å²) in [7, 11) is 1.55. The minimum Gasteiger partial charge on any atom is -0.504 e. The molecule has 0 spiro atoms. The molecule has 2 saturated heterocycles. The number of aliphatic imine (C=N–C) groups is 1. The van der Waals surface area contributed by atoms with Gasteiger partial charge in [0.1, 0.15) is 0 Å². The van der Waals surface area contributed by atoms with E-state index in [1.807, 2.05) is 6.07 Å². The quantitative estimate of drug-likeness (QED) is 0.374. The van der Waals surface area contributed by atoms with Gasteiger partial charge in [0, 0.05) is 38.8 Å². The smallest absolute Gasteiger partial charge is 0.194 e. The Kier molecular flexibility index (Phi) is 8.91. The number of hydrogen-bond acceptors (Lipinski definition) is 5. The maximum absolute atomic E-state index is 9.94. The number of methoxy groups -OCH3 is 1. The molecule has 8 heteroatoms. The number of guanidine groups is 1. The number of benzene rings is 1. The first-order valence-electron chi connectivity index (χ1n) is 9.42. The Bertz CT molecular complexity index is 623. The number of nitrogens with one attached hydrogen (secondary N) is 1. The van der Waals surface area contributed by atoms with Crippen LogP contribution in [0.25, 0.3) is 0 Å². The van der Waals surface area contributed by atoms with Crippen LogP contribution in [0.5, 0.6) is 11.5 Å². The van der Waals surface area contributed by atoms with Gasteiger partial charge in [0.05, 0.1) is 26.9 Å². The van der Waals surface area contributed by atoms with E-state index in [0.717, 1.165) is 63.9 Å². The summed E-state index contributed by atoms with van der Waals surface area (Å²) < 4.78 is 10.6. The molecule has 0 radical (unpaired) electrons. The van der Waals surface area contributed by atoms with Gasteiger partial charge in [-0.15, -0.1) is 24.0 Å². The van der Waals surface area contributed by atoms with E-state index in [1.165, 1.54) is 0 Å². The average Bonchev–Trinajstić information content (AvgIpc) is 3.16. The van der Waals surface area contributed by atoms with Crippen molar-refractivity contribution in [2.45, 2.75) is 25.9 Å². The molecule has 3 rings (SSSR count). The molecular weight excluding hydrogens is 459 g/mol. The number of ether oxygens (including phenoxy) is 2. The SMILES string of the molecule is CCNC(=NCc1ccc(OC)c(O)c1)N1CCC(N2CCOCC2)C1.I. The molecule has 0 bridgehead atoms. The Morgan fingerprint density at radius 2 is 2.11 bits per heavy atom. The van der Waals surface area contributed by atoms with Crippen LogP contribution in [0.1, 0.15) is 18.9 Å². The van der Waals surface area contributed by atoms with Gasteiger partial charge in [0.15, 0.2) is 17.5 Å². The highest BCUT2D eigenvalue weighted by Gasteiger charge is 2.30. The summed E-state index contributed by atoms with van der Waals surface area (Å²) in [5.74, 6) is 1.58. The molecule has 1 unspecified atom stereocenters. The summed E-state index contributed by atoms with van der Waals surface area (Å²) in [6, 6.07) is 6.00. The molecular formula is C19H31IN4O3. The normalized spacial score (nSPS) is 21.0. The first kappa shape index (κ1) is 22.0. The summed E-state index contributed by atoms with van der Waals surface area (Å²) in [5, 5.41) is 13.3. The average molecular weight is 490 g/mol. The van der Waals surface area contributed by atoms with Crippen LogP contribution in [0.15, 0.2) is 23.2 Å². The van der Waals surface area contributed by atoms with Crippen molar-refractivity contribution in [2.24, 2.45) is 4.99 Å². The van der Waals surface area contributed by atoms with Crippen LogP contribution in [0.2, 0.25) is 0 Å². The van der Waals surface area contributed by atoms with E-state index in [4.69, 9.17) is 14.5 Å². The van der Waals surface area contributed by atoms with Crippen LogP contribution in [0.3, 0.4) is 0 Å². The van der Waals surface area contributed by atoms with Gasteiger partial charge in [-0.3, -0.25) is 4.90 Å². The first-order valence-corrected chi connectivity index (χ1v) is 9.42. The maximum atomic E-state index is 9.94. The van der Waals surface area contributed by atoms with E-state index in [2.05, 4.69) is 22.0 Å². The van der Waals surface area contributed by atoms with Gasteiger partial charge in [-0.2, -0.15) is 0 Å². The lowest BCUT2D eigenvalue weighted by molar-refractivity contribution is 0.0195. The number of aromatic hydroxyl groups is 1. The Hall–Kier alpha value is -1.26. The molecule has 0 aromatic heterocycles. The highest BCUT2D eigenvalue weighted by Crippen LogP contribution is 2.26. The predicted molar refractivity (Wildman–Crippen MR) is 117 cm³/mol. The number of phenolic OH excluding ortho intramolecular Hbond substituents is 1. The first-order chi connectivity index (χ1) is 12.7. The van der Waals surface area contributed by atoms with Crippen molar-refractivity contribution in [3.05, 3.63) is 23.8 Å². The minimum atomic E-state index is 0. The summed E-state index contributed by atoms with van der Waals surface area (Å²) >= 11 is 0. The Morgan fingerprint density at radius 1 is 1.33 bits per heavy atom. The Balaban J connectivity index is 0.00000261. The second kappa shape index (κ2) is 10.9. The molecule has 2 aliphatic rings. The fraction of sp³-hybridized carbons (Fsp3) is 0.632. The van der Waals surface area contributed by atoms with Gasteiger partial charge < -0.3 is 24.8 Å². The zero-order valence-electron chi connectivity index (χ0n) is 16.2. The number of morpholine rings is 1. The summed E-state index contributed by atoms with van der Waals surface area (Å²) in [4.78, 5) is 9.65. The number of halogens is 1. The molecule has 2 heterocycles. The van der Waals surface area contributed by atoms with Crippen molar-refractivity contribution >= 4 is 29.9 Å². The van der Waals surface area contributed by atoms with Gasteiger partial charge in [-0.05, 0) is 31.0 Å². The molecule has 1 aromatic carbocycles. The molecule has 0 amide bonds. The number of likely N-dealkylation sites (tertiary alicyclic amines) is 1. The third kappa shape index (κ3) is 5.86. The lowest BCUT2D eigenvalue weighted by Crippen LogP contribution is -2.46. The second-order valence-corrected chi connectivity index (χ2v) is 6.71. The maximum Gasteiger partial charge on any atom is 0.194 e. The van der Waals surface area contributed by atoms with Crippen LogP contribution >= 0.6 is 24.0 Å². The van der Waals surface area contributed by atoms with Crippen LogP contribution < -0.4 is 10.1 Å². The third-order valence-corrected chi connectivity index (χ3v) is 5.01. The largest absolute Gasteiger partial charge is 0.504 e. The van der Waals surface area contributed by atoms with Crippen LogP contribution in [0, 0.1) is 0 Å². The van der Waals surface area contributed by atoms with E-state index in [0.29, 0.717) is 18.3 Å². The van der Waals surface area contributed by atoms with Gasteiger partial charge in [0.25, 0.3) is 0 Å². The van der Waals surface area contributed by atoms with E-state index in [9.17, 15) is 5.11 Å². The molecule has 2 fully saturated rings. The third-order valence-electron chi connectivity index (χ3n) is 5.01. The molecule has 2 N–H and O–H groups in total. The highest BCUT2D eigenvalue weighted by atomic mass is 127. The van der Waals surface area contributed by atoms with E-state index < -0.39 is 0 Å². The molecule has 2 aliphatic heterocycles. The number of nitrogens with zero attached hydrogens (tertiary/aromatic N) is 3. The number of phenols is 1. The van der Waals surface area contributed by atoms with E-state index >= 15 is 0 Å². The minimum absolute atomic E-state index is 0. The molecule has 27 heavy (non-hydrogen) atoms. The lowest BCUT2D eigenvalue weighted by atomic mass is 10.2. The number of hydrogen-bond donors (Lipinski definition) is 2. The lowest BCUT2D eigenvalue weighted by Gasteiger charge is -2.32. The predicted octanol–water partition coefficient (Wildman–Crippen LogP) is 1.89. The van der Waals surface area contributed by atoms with Crippen molar-refractivity contribution in [2.75, 3.05) is 53.0 Å². The topological polar surface area (TPSA) is 69.6 Å². The zero-order valence-corrected chi connectivity index (χ0v) is 18.5. The van der Waals surface area contributed by atoms with Crippen molar-refractivity contribution < 1.29 is 14.6 Å². The molecule has 0 aliphatic carbocycles. The fourth-order valence-electron chi connectivity index (χ4n) is 3.60. The Labute approximate surface area is 178 Å². The van der Waals surface area contributed by atoms with Gasteiger partial charge >= 0.3 is 0 Å². The number of rotatable bonds is 5. The van der Waals surface area contributed by atoms with Gasteiger partial charge in [0.2, 0.25) is 0 Å². The van der Waals surface area contributed by atoms with Crippen LogP contribution in [-0.2, 0) is 11.3 Å². The van der Waals surface area contributed by atoms with Crippen molar-refractivity contribution in [1.29, 1.82) is 0 Å². The van der Waals surface area contributed by atoms with Gasteiger partial charge in [-0.25, -0.2) is 4.99 Å². The standard InChI is InChI=1S/C19H30N4O3.HI/c1-3-20-19(21-13-15-4-5-18(25-2)17(24)12-15)23-7-6-16(14-23)22-8-10-26-11-9-22;/h4-5,12,16,24H,3,6-11,13-14H2,1-2H3,(H,20,21);1H. The van der Waals surface area contributed by atoms with E-state index in [1.54, 1.807) is 19.2 Å². The van der Waals surface area contributed by atoms with Gasteiger partial charge in [-0.1, -0.05) is 6.07 Å². The highest BCUT2D eigenvalue weighted by molar-refractivity contribution is 14.0. The molecule has 1 atom stereocenters. The second-order valence-electron chi connectivity index (χ2n) is 6.71. The summed E-state index contributed by atoms with van der Waals surface area (Å²) in [5.41, 5.74) is 0.961. The van der Waals surface area contributed by atoms with Crippen molar-refractivity contribution in [3.8, 4) is 11.5 Å². The van der Waals surface area contributed by atoms with Crippen LogP contribution in [0.4, 0.5) is 0 Å². The summed E-state index contributed by atoms with van der Waals surface area (Å²) in [6.45, 7) is 9.20. The van der Waals surface area contributed by atoms with E-state index in [-0.39, 0.29) is 29.7 Å². The fourth-order valence-corrected chi connectivity index (χ4v) is 3.60. The summed E-state index contributed by atoms with van der Waals surface area (Å²) in [6.07, 6.45) is 1.16. The monoisotopic (exact) mass is 490 g/mol. The molecule has 1 aromatic rings. The zero-order chi connectivity index (χ0) is 18.4. The Morgan fingerprint density at radius 3 is 2.78 bits per heavy atom. The molecule has 152 valence electrons. The molecule has 7 nitrogen and oxygen atoms in total.